The fraction of sp³-hybridized carbons (Fsp3) is 0.536. The quantitative estimate of drug-likeness (QED) is 0.408. The summed E-state index contributed by atoms with van der Waals surface area (Å²) >= 11 is 0. The van der Waals surface area contributed by atoms with Crippen LogP contribution in [0.1, 0.15) is 75.5 Å². The lowest BCUT2D eigenvalue weighted by molar-refractivity contribution is 0.202. The summed E-state index contributed by atoms with van der Waals surface area (Å²) < 4.78 is 13.5. The van der Waals surface area contributed by atoms with Crippen LogP contribution in [0.2, 0.25) is 0 Å². The molecule has 0 radical (unpaired) electrons. The Bertz CT molecular complexity index is 766. The molecule has 2 aromatic carbocycles. The Balaban J connectivity index is 0.00000107. The lowest BCUT2D eigenvalue weighted by Gasteiger charge is -2.29. The van der Waals surface area contributed by atoms with Crippen LogP contribution >= 0.6 is 0 Å². The number of benzene rings is 2. The van der Waals surface area contributed by atoms with Crippen molar-refractivity contribution in [2.24, 2.45) is 0 Å². The average Bonchev–Trinajstić information content (AvgIpc) is 3.23. The fourth-order valence-corrected chi connectivity index (χ4v) is 4.50. The maximum Gasteiger partial charge on any atom is 0.101 e. The molecule has 1 fully saturated rings. The Kier molecular flexibility index (Phi) is 11.3. The summed E-state index contributed by atoms with van der Waals surface area (Å²) in [5.74, 6) is 0.431. The Morgan fingerprint density at radius 1 is 1.00 bits per heavy atom. The second-order valence-electron chi connectivity index (χ2n) is 8.73. The van der Waals surface area contributed by atoms with E-state index in [1.807, 2.05) is 0 Å². The Morgan fingerprint density at radius 3 is 2.23 bits per heavy atom. The minimum atomic E-state index is -0.592. The van der Waals surface area contributed by atoms with Crippen LogP contribution in [-0.4, -0.2) is 30.2 Å². The topological polar surface area (TPSA) is 27.0 Å². The van der Waals surface area contributed by atoms with Crippen molar-refractivity contribution < 1.29 is 4.39 Å². The zero-order valence-electron chi connectivity index (χ0n) is 19.6. The number of hydrogen-bond acceptors (Lipinski definition) is 2. The Labute approximate surface area is 189 Å². The molecule has 0 spiro atoms. The van der Waals surface area contributed by atoms with E-state index in [4.69, 9.17) is 5.26 Å². The van der Waals surface area contributed by atoms with Crippen LogP contribution in [0.3, 0.4) is 0 Å². The zero-order chi connectivity index (χ0) is 22.5. The molecule has 3 unspecified atom stereocenters. The predicted molar refractivity (Wildman–Crippen MR) is 129 cm³/mol. The SMILES string of the molecule is CC#N.CCCN(CCc1ccccc1)C(C)CCc1ccc(C2CCC(F)C2)cc1. The van der Waals surface area contributed by atoms with Gasteiger partial charge in [0.2, 0.25) is 0 Å². The van der Waals surface area contributed by atoms with E-state index in [0.29, 0.717) is 18.4 Å². The third kappa shape index (κ3) is 8.83. The van der Waals surface area contributed by atoms with Crippen molar-refractivity contribution >= 4 is 0 Å². The first-order valence-electron chi connectivity index (χ1n) is 11.9. The largest absolute Gasteiger partial charge is 0.300 e. The molecule has 0 aromatic heterocycles. The van der Waals surface area contributed by atoms with Crippen LogP contribution in [0, 0.1) is 11.3 Å². The molecule has 168 valence electrons. The van der Waals surface area contributed by atoms with Crippen molar-refractivity contribution in [1.29, 1.82) is 5.26 Å². The minimum absolute atomic E-state index is 0.431. The number of nitrogens with zero attached hydrogens (tertiary/aromatic N) is 2. The third-order valence-electron chi connectivity index (χ3n) is 6.34. The molecule has 0 N–H and O–H groups in total. The van der Waals surface area contributed by atoms with E-state index in [-0.39, 0.29) is 0 Å². The van der Waals surface area contributed by atoms with Gasteiger partial charge in [0.1, 0.15) is 6.17 Å². The van der Waals surface area contributed by atoms with Crippen molar-refractivity contribution in [3.63, 3.8) is 0 Å². The van der Waals surface area contributed by atoms with Crippen LogP contribution in [0.5, 0.6) is 0 Å². The van der Waals surface area contributed by atoms with Crippen molar-refractivity contribution in [2.45, 2.75) is 83.8 Å². The highest BCUT2D eigenvalue weighted by molar-refractivity contribution is 5.26. The standard InChI is InChI=1S/C26H36FN.C2H3N/c1-3-18-28(19-17-22-7-5-4-6-8-22)21(2)9-10-23-11-13-24(14-12-23)25-15-16-26(27)20-25;1-2-3/h4-8,11-14,21,25-26H,3,9-10,15-20H2,1-2H3;1H3. The van der Waals surface area contributed by atoms with Gasteiger partial charge in [-0.1, -0.05) is 61.5 Å². The van der Waals surface area contributed by atoms with Gasteiger partial charge in [-0.15, -0.1) is 0 Å². The molecule has 2 aromatic rings. The number of nitriles is 1. The van der Waals surface area contributed by atoms with E-state index < -0.39 is 6.17 Å². The number of rotatable bonds is 10. The first-order valence-corrected chi connectivity index (χ1v) is 11.9. The molecule has 0 saturated heterocycles. The molecule has 31 heavy (non-hydrogen) atoms. The van der Waals surface area contributed by atoms with Gasteiger partial charge in [-0.2, -0.15) is 5.26 Å². The van der Waals surface area contributed by atoms with Crippen LogP contribution in [0.25, 0.3) is 0 Å². The van der Waals surface area contributed by atoms with Crippen LogP contribution in [0.4, 0.5) is 4.39 Å². The van der Waals surface area contributed by atoms with Gasteiger partial charge >= 0.3 is 0 Å². The Hall–Kier alpha value is -2.18. The lowest BCUT2D eigenvalue weighted by Crippen LogP contribution is -2.35. The smallest absolute Gasteiger partial charge is 0.101 e. The Morgan fingerprint density at radius 2 is 1.65 bits per heavy atom. The summed E-state index contributed by atoms with van der Waals surface area (Å²) in [6, 6.07) is 22.2. The van der Waals surface area contributed by atoms with Crippen molar-refractivity contribution in [2.75, 3.05) is 13.1 Å². The van der Waals surface area contributed by atoms with Gasteiger partial charge < -0.3 is 4.90 Å². The van der Waals surface area contributed by atoms with Gasteiger partial charge in [0, 0.05) is 19.5 Å². The molecule has 1 saturated carbocycles. The lowest BCUT2D eigenvalue weighted by atomic mass is 9.95. The van der Waals surface area contributed by atoms with Gasteiger partial charge in [0.05, 0.1) is 6.07 Å². The molecule has 2 nitrogen and oxygen atoms in total. The molecule has 1 aliphatic carbocycles. The van der Waals surface area contributed by atoms with Gasteiger partial charge in [-0.3, -0.25) is 0 Å². The van der Waals surface area contributed by atoms with E-state index in [1.165, 1.54) is 43.0 Å². The van der Waals surface area contributed by atoms with E-state index in [9.17, 15) is 4.39 Å². The van der Waals surface area contributed by atoms with E-state index >= 15 is 0 Å². The predicted octanol–water partition coefficient (Wildman–Crippen LogP) is 7.10. The molecule has 0 bridgehead atoms. The minimum Gasteiger partial charge on any atom is -0.300 e. The van der Waals surface area contributed by atoms with E-state index in [0.717, 1.165) is 32.2 Å². The molecule has 3 atom stereocenters. The average molecular weight is 423 g/mol. The second-order valence-corrected chi connectivity index (χ2v) is 8.73. The van der Waals surface area contributed by atoms with Gasteiger partial charge in [-0.25, -0.2) is 4.39 Å². The molecular weight excluding hydrogens is 383 g/mol. The molecule has 0 amide bonds. The summed E-state index contributed by atoms with van der Waals surface area (Å²) in [4.78, 5) is 2.64. The van der Waals surface area contributed by atoms with E-state index in [1.54, 1.807) is 6.07 Å². The first-order chi connectivity index (χ1) is 15.1. The summed E-state index contributed by atoms with van der Waals surface area (Å²) in [6.45, 7) is 8.37. The van der Waals surface area contributed by atoms with Gasteiger partial charge in [0.15, 0.2) is 0 Å². The first kappa shape index (κ1) is 25.1. The second kappa shape index (κ2) is 14.0. The maximum absolute atomic E-state index is 13.5. The molecule has 1 aliphatic rings. The van der Waals surface area contributed by atoms with Crippen molar-refractivity contribution in [3.8, 4) is 6.07 Å². The van der Waals surface area contributed by atoms with Crippen molar-refractivity contribution in [1.82, 2.24) is 4.90 Å². The molecule has 3 rings (SSSR count). The van der Waals surface area contributed by atoms with Gasteiger partial charge in [-0.05, 0) is 81.0 Å². The number of aryl methyl sites for hydroxylation is 1. The fourth-order valence-electron chi connectivity index (χ4n) is 4.50. The molecule has 0 aliphatic heterocycles. The summed E-state index contributed by atoms with van der Waals surface area (Å²) in [5, 5.41) is 7.32. The van der Waals surface area contributed by atoms with Crippen LogP contribution < -0.4 is 0 Å². The number of alkyl halides is 1. The molecule has 0 heterocycles. The number of hydrogen-bond donors (Lipinski definition) is 0. The van der Waals surface area contributed by atoms with Crippen LogP contribution in [-0.2, 0) is 12.8 Å². The summed E-state index contributed by atoms with van der Waals surface area (Å²) in [7, 11) is 0. The maximum atomic E-state index is 13.5. The third-order valence-corrected chi connectivity index (χ3v) is 6.34. The summed E-state index contributed by atoms with van der Waals surface area (Å²) in [6.07, 6.45) is 6.48. The van der Waals surface area contributed by atoms with Crippen molar-refractivity contribution in [3.05, 3.63) is 71.3 Å². The highest BCUT2D eigenvalue weighted by Crippen LogP contribution is 2.36. The van der Waals surface area contributed by atoms with Crippen LogP contribution in [0.15, 0.2) is 54.6 Å². The monoisotopic (exact) mass is 422 g/mol. The highest BCUT2D eigenvalue weighted by Gasteiger charge is 2.25. The number of halogens is 1. The van der Waals surface area contributed by atoms with Gasteiger partial charge in [0.25, 0.3) is 0 Å². The summed E-state index contributed by atoms with van der Waals surface area (Å²) in [5.41, 5.74) is 4.16. The molecule has 3 heteroatoms. The van der Waals surface area contributed by atoms with E-state index in [2.05, 4.69) is 73.3 Å². The normalized spacial score (nSPS) is 18.8. The zero-order valence-corrected chi connectivity index (χ0v) is 19.6. The highest BCUT2D eigenvalue weighted by atomic mass is 19.1. The molecular formula is C28H39FN2.